The molecular weight excluding hydrogens is 204 g/mol. The molecule has 0 fully saturated rings. The maximum Gasteiger partial charge on any atom is 0.172 e. The van der Waals surface area contributed by atoms with E-state index in [1.165, 1.54) is 0 Å². The third-order valence-electron chi connectivity index (χ3n) is 2.84. The smallest absolute Gasteiger partial charge is 0.172 e. The summed E-state index contributed by atoms with van der Waals surface area (Å²) in [7, 11) is 0. The summed E-state index contributed by atoms with van der Waals surface area (Å²) in [6, 6.07) is 0. The number of nitrogens with zero attached hydrogens (tertiary/aromatic N) is 3. The highest BCUT2D eigenvalue weighted by Crippen LogP contribution is 2.36. The summed E-state index contributed by atoms with van der Waals surface area (Å²) in [5, 5.41) is 9.65. The van der Waals surface area contributed by atoms with Crippen LogP contribution in [0.3, 0.4) is 0 Å². The fraction of sp³-hybridized carbons (Fsp3) is 0.600. The average molecular weight is 222 g/mol. The zero-order valence-electron chi connectivity index (χ0n) is 9.86. The van der Waals surface area contributed by atoms with Crippen LogP contribution in [0.15, 0.2) is 33.7 Å². The maximum absolute atomic E-state index is 5.91. The van der Waals surface area contributed by atoms with Crippen molar-refractivity contribution >= 4 is 0 Å². The molecule has 2 aliphatic heterocycles. The Labute approximate surface area is 95.0 Å². The highest BCUT2D eigenvalue weighted by atomic mass is 15.7. The summed E-state index contributed by atoms with van der Waals surface area (Å²) in [6.45, 7) is 6.41. The molecule has 6 heteroatoms. The van der Waals surface area contributed by atoms with Crippen LogP contribution in [0.25, 0.3) is 0 Å². The van der Waals surface area contributed by atoms with Gasteiger partial charge in [-0.05, 0) is 35.8 Å². The predicted octanol–water partition coefficient (Wildman–Crippen LogP) is 0.963. The van der Waals surface area contributed by atoms with Gasteiger partial charge in [-0.25, -0.2) is 10.4 Å². The summed E-state index contributed by atoms with van der Waals surface area (Å²) < 4.78 is 0. The Hall–Kier alpha value is -1.72. The molecule has 1 atom stereocenters. The van der Waals surface area contributed by atoms with E-state index in [2.05, 4.69) is 36.6 Å². The molecule has 2 heterocycles. The summed E-state index contributed by atoms with van der Waals surface area (Å²) in [4.78, 5) is 0. The van der Waals surface area contributed by atoms with Crippen LogP contribution in [0.2, 0.25) is 0 Å². The van der Waals surface area contributed by atoms with Crippen LogP contribution >= 0.6 is 0 Å². The summed E-state index contributed by atoms with van der Waals surface area (Å²) in [5.74, 6) is 1.22. The highest BCUT2D eigenvalue weighted by Gasteiger charge is 2.40. The minimum absolute atomic E-state index is 0.260. The molecule has 6 nitrogen and oxygen atoms in total. The lowest BCUT2D eigenvalue weighted by Crippen LogP contribution is -2.46. The molecule has 1 unspecified atom stereocenters. The van der Waals surface area contributed by atoms with Crippen LogP contribution in [0.4, 0.5) is 0 Å². The Kier molecular flexibility index (Phi) is 2.29. The molecule has 0 aromatic carbocycles. The molecule has 2 rings (SSSR count). The van der Waals surface area contributed by atoms with Gasteiger partial charge in [-0.15, -0.1) is 0 Å². The maximum atomic E-state index is 5.91. The van der Waals surface area contributed by atoms with Crippen LogP contribution < -0.4 is 16.9 Å². The van der Waals surface area contributed by atoms with Crippen molar-refractivity contribution in [2.24, 2.45) is 27.8 Å². The second kappa shape index (κ2) is 3.40. The van der Waals surface area contributed by atoms with E-state index in [1.54, 1.807) is 5.01 Å². The van der Waals surface area contributed by atoms with Crippen LogP contribution in [0, 0.1) is 5.92 Å². The van der Waals surface area contributed by atoms with Gasteiger partial charge < -0.3 is 11.5 Å². The number of hydrogen-bond donors (Lipinski definition) is 3. The van der Waals surface area contributed by atoms with Gasteiger partial charge in [0.25, 0.3) is 0 Å². The molecule has 0 radical (unpaired) electrons. The fourth-order valence-electron chi connectivity index (χ4n) is 2.32. The van der Waals surface area contributed by atoms with Gasteiger partial charge in [0.05, 0.1) is 16.9 Å². The molecule has 2 aliphatic rings. The third-order valence-corrected chi connectivity index (χ3v) is 2.84. The van der Waals surface area contributed by atoms with Crippen LogP contribution in [0.5, 0.6) is 0 Å². The predicted molar refractivity (Wildman–Crippen MR) is 61.2 cm³/mol. The lowest BCUT2D eigenvalue weighted by molar-refractivity contribution is 0.167. The van der Waals surface area contributed by atoms with Gasteiger partial charge in [-0.3, -0.25) is 0 Å². The van der Waals surface area contributed by atoms with Gasteiger partial charge >= 0.3 is 0 Å². The molecule has 88 valence electrons. The molecule has 0 saturated carbocycles. The van der Waals surface area contributed by atoms with E-state index < -0.39 is 0 Å². The lowest BCUT2D eigenvalue weighted by Gasteiger charge is -2.38. The van der Waals surface area contributed by atoms with Crippen LogP contribution in [-0.2, 0) is 0 Å². The van der Waals surface area contributed by atoms with Crippen molar-refractivity contribution in [1.29, 1.82) is 0 Å². The third kappa shape index (κ3) is 1.50. The van der Waals surface area contributed by atoms with Gasteiger partial charge in [-0.2, -0.15) is 0 Å². The monoisotopic (exact) mass is 222 g/mol. The van der Waals surface area contributed by atoms with Gasteiger partial charge in [0.15, 0.2) is 5.82 Å². The molecule has 0 aromatic rings. The average Bonchev–Trinajstić information content (AvgIpc) is 2.62. The topological polar surface area (TPSA) is 92.0 Å². The highest BCUT2D eigenvalue weighted by molar-refractivity contribution is 5.37. The summed E-state index contributed by atoms with van der Waals surface area (Å²) in [5.41, 5.74) is 15.4. The molecule has 16 heavy (non-hydrogen) atoms. The zero-order chi connectivity index (χ0) is 11.9. The second-order valence-electron chi connectivity index (χ2n) is 4.93. The molecule has 0 bridgehead atoms. The number of rotatable bonds is 2. The van der Waals surface area contributed by atoms with Gasteiger partial charge in [-0.1, -0.05) is 13.8 Å². The number of fused-ring (bicyclic) bond motifs is 1. The standard InChI is InChI=1S/C10H18N6/c1-6(2)4-10(3)5-7(11)8(12)9-13-14-15-16(9)10/h5-6H,4,11-12H2,1-3H3,(H,13,15). The summed E-state index contributed by atoms with van der Waals surface area (Å²) >= 11 is 0. The van der Waals surface area contributed by atoms with Crippen molar-refractivity contribution in [2.75, 3.05) is 0 Å². The Balaban J connectivity index is 2.39. The number of nitrogens with two attached hydrogens (primary N) is 2. The van der Waals surface area contributed by atoms with E-state index in [0.29, 0.717) is 23.1 Å². The van der Waals surface area contributed by atoms with Crippen molar-refractivity contribution in [3.05, 3.63) is 23.3 Å². The summed E-state index contributed by atoms with van der Waals surface area (Å²) in [6.07, 6.45) is 2.89. The first-order valence-electron chi connectivity index (χ1n) is 5.39. The number of nitrogens with one attached hydrogen (secondary N) is 1. The van der Waals surface area contributed by atoms with E-state index >= 15 is 0 Å². The molecule has 0 spiro atoms. The number of hydrogen-bond acceptors (Lipinski definition) is 6. The minimum atomic E-state index is -0.260. The Bertz CT molecular complexity index is 394. The Morgan fingerprint density at radius 1 is 1.50 bits per heavy atom. The quantitative estimate of drug-likeness (QED) is 0.649. The van der Waals surface area contributed by atoms with Gasteiger partial charge in [0.1, 0.15) is 0 Å². The van der Waals surface area contributed by atoms with Crippen molar-refractivity contribution < 1.29 is 0 Å². The SMILES string of the molecule is CC(C)CC1(C)C=C(N)C(N)=C2NN=NN21. The Morgan fingerprint density at radius 3 is 2.81 bits per heavy atom. The minimum Gasteiger partial charge on any atom is -0.397 e. The van der Waals surface area contributed by atoms with E-state index in [4.69, 9.17) is 11.5 Å². The van der Waals surface area contributed by atoms with E-state index in [0.717, 1.165) is 6.42 Å². The first-order chi connectivity index (χ1) is 7.44. The molecule has 0 saturated heterocycles. The fourth-order valence-corrected chi connectivity index (χ4v) is 2.32. The first-order valence-corrected chi connectivity index (χ1v) is 5.39. The molecule has 0 aromatic heterocycles. The zero-order valence-corrected chi connectivity index (χ0v) is 9.86. The van der Waals surface area contributed by atoms with E-state index in [9.17, 15) is 0 Å². The van der Waals surface area contributed by atoms with Gasteiger partial charge in [0, 0.05) is 0 Å². The normalized spacial score (nSPS) is 28.2. The molecular formula is C10H18N6. The lowest BCUT2D eigenvalue weighted by atomic mass is 9.87. The molecule has 0 amide bonds. The van der Waals surface area contributed by atoms with Crippen molar-refractivity contribution in [1.82, 2.24) is 10.4 Å². The van der Waals surface area contributed by atoms with Crippen molar-refractivity contribution in [3.63, 3.8) is 0 Å². The van der Waals surface area contributed by atoms with Crippen LogP contribution in [-0.4, -0.2) is 10.5 Å². The van der Waals surface area contributed by atoms with Crippen LogP contribution in [0.1, 0.15) is 27.2 Å². The van der Waals surface area contributed by atoms with Gasteiger partial charge in [0.2, 0.25) is 0 Å². The van der Waals surface area contributed by atoms with Crippen molar-refractivity contribution in [2.45, 2.75) is 32.7 Å². The largest absolute Gasteiger partial charge is 0.397 e. The van der Waals surface area contributed by atoms with Crippen molar-refractivity contribution in [3.8, 4) is 0 Å². The van der Waals surface area contributed by atoms with E-state index in [1.807, 2.05) is 6.08 Å². The molecule has 5 N–H and O–H groups in total. The van der Waals surface area contributed by atoms with E-state index in [-0.39, 0.29) is 5.54 Å². The second-order valence-corrected chi connectivity index (χ2v) is 4.93. The first kappa shape index (κ1) is 10.8. The Morgan fingerprint density at radius 2 is 2.19 bits per heavy atom. The molecule has 0 aliphatic carbocycles.